The number of carboxylic acid groups (broad SMARTS) is 2. The Kier molecular flexibility index (Phi) is 8.50. The molecule has 0 amide bonds. The summed E-state index contributed by atoms with van der Waals surface area (Å²) in [5.74, 6) is -3.88. The Morgan fingerprint density at radius 3 is 2.18 bits per heavy atom. The highest BCUT2D eigenvalue weighted by Gasteiger charge is 2.69. The Hall–Kier alpha value is -2.70. The molecule has 0 aliphatic carbocycles. The van der Waals surface area contributed by atoms with E-state index in [0.29, 0.717) is 5.56 Å². The summed E-state index contributed by atoms with van der Waals surface area (Å²) in [5.41, 5.74) is 2.96. The molecule has 6 atom stereocenters. The van der Waals surface area contributed by atoms with Crippen molar-refractivity contribution in [1.29, 1.82) is 0 Å². The first kappa shape index (κ1) is 29.9. The molecule has 208 valence electrons. The van der Waals surface area contributed by atoms with Crippen LogP contribution in [-0.4, -0.2) is 60.0 Å². The summed E-state index contributed by atoms with van der Waals surface area (Å²) in [7, 11) is -4.80. The Morgan fingerprint density at radius 1 is 1.11 bits per heavy atom. The first-order valence-corrected chi connectivity index (χ1v) is 14.0. The number of halogens is 1. The van der Waals surface area contributed by atoms with E-state index in [1.165, 1.54) is 30.0 Å². The van der Waals surface area contributed by atoms with Gasteiger partial charge >= 0.3 is 11.9 Å². The summed E-state index contributed by atoms with van der Waals surface area (Å²) in [6, 6.07) is 9.56. The Morgan fingerprint density at radius 2 is 1.68 bits per heavy atom. The van der Waals surface area contributed by atoms with Crippen LogP contribution in [0.5, 0.6) is 0 Å². The first-order valence-electron chi connectivity index (χ1n) is 12.1. The Labute approximate surface area is 227 Å². The van der Waals surface area contributed by atoms with Gasteiger partial charge in [-0.3, -0.25) is 14.1 Å². The van der Waals surface area contributed by atoms with Crippen LogP contribution >= 0.6 is 11.6 Å². The van der Waals surface area contributed by atoms with Gasteiger partial charge < -0.3 is 25.6 Å². The molecule has 0 spiro atoms. The minimum Gasteiger partial charge on any atom is -0.481 e. The van der Waals surface area contributed by atoms with E-state index < -0.39 is 62.0 Å². The second kappa shape index (κ2) is 10.8. The van der Waals surface area contributed by atoms with Gasteiger partial charge in [-0.25, -0.2) is 0 Å². The van der Waals surface area contributed by atoms with Gasteiger partial charge in [0.15, 0.2) is 0 Å². The minimum atomic E-state index is -4.80. The second-order valence-corrected chi connectivity index (χ2v) is 11.4. The molecular formula is C26H33ClN2O8S. The van der Waals surface area contributed by atoms with Gasteiger partial charge in [-0.05, 0) is 51.0 Å². The third kappa shape index (κ3) is 4.56. The molecule has 1 aliphatic rings. The molecule has 1 fully saturated rings. The normalized spacial score (nSPS) is 28.6. The predicted octanol–water partition coefficient (Wildman–Crippen LogP) is 3.84. The maximum atomic E-state index is 13.5. The number of para-hydroxylation sites is 1. The van der Waals surface area contributed by atoms with E-state index in [1.807, 2.05) is 0 Å². The van der Waals surface area contributed by atoms with Crippen molar-refractivity contribution in [2.75, 3.05) is 11.5 Å². The van der Waals surface area contributed by atoms with Crippen molar-refractivity contribution in [3.8, 4) is 0 Å². The Balaban J connectivity index is 2.56. The van der Waals surface area contributed by atoms with Crippen LogP contribution in [0.1, 0.15) is 45.6 Å². The summed E-state index contributed by atoms with van der Waals surface area (Å²) in [4.78, 5) is 27.5. The number of anilines is 1. The van der Waals surface area contributed by atoms with Gasteiger partial charge in [0, 0.05) is 23.6 Å². The van der Waals surface area contributed by atoms with Gasteiger partial charge in [-0.2, -0.15) is 8.42 Å². The number of carboxylic acids is 2. The van der Waals surface area contributed by atoms with Crippen LogP contribution < -0.4 is 10.6 Å². The zero-order chi connectivity index (χ0) is 28.6. The molecule has 0 bridgehead atoms. The van der Waals surface area contributed by atoms with E-state index in [-0.39, 0.29) is 23.7 Å². The van der Waals surface area contributed by atoms with Gasteiger partial charge in [0.2, 0.25) is 0 Å². The summed E-state index contributed by atoms with van der Waals surface area (Å²) in [6.07, 6.45) is -1.40. The highest BCUT2D eigenvalue weighted by molar-refractivity contribution is 7.86. The van der Waals surface area contributed by atoms with E-state index in [4.69, 9.17) is 22.1 Å². The van der Waals surface area contributed by atoms with Gasteiger partial charge in [0.05, 0.1) is 22.6 Å². The van der Waals surface area contributed by atoms with Gasteiger partial charge in [0.1, 0.15) is 11.1 Å². The molecule has 1 saturated heterocycles. The lowest BCUT2D eigenvalue weighted by molar-refractivity contribution is -0.173. The quantitative estimate of drug-likeness (QED) is 0.257. The number of aliphatic carboxylic acids is 2. The van der Waals surface area contributed by atoms with Crippen LogP contribution in [0.3, 0.4) is 0 Å². The average Bonchev–Trinajstić information content (AvgIpc) is 2.85. The van der Waals surface area contributed by atoms with Crippen LogP contribution in [0.2, 0.25) is 5.02 Å². The number of hydrogen-bond acceptors (Lipinski definition) is 7. The smallest absolute Gasteiger partial charge is 0.312 e. The third-order valence-electron chi connectivity index (χ3n) is 7.98. The molecule has 2 aromatic carbocycles. The summed E-state index contributed by atoms with van der Waals surface area (Å²) in [5, 5.41) is 21.9. The highest BCUT2D eigenvalue weighted by Crippen LogP contribution is 2.62. The van der Waals surface area contributed by atoms with E-state index in [9.17, 15) is 32.8 Å². The average molecular weight is 569 g/mol. The minimum absolute atomic E-state index is 0.0909. The van der Waals surface area contributed by atoms with Gasteiger partial charge in [-0.15, -0.1) is 0 Å². The van der Waals surface area contributed by atoms with Gasteiger partial charge in [-0.1, -0.05) is 48.9 Å². The molecule has 10 nitrogen and oxygen atoms in total. The molecule has 1 aliphatic heterocycles. The van der Waals surface area contributed by atoms with Crippen molar-refractivity contribution < 1.29 is 37.5 Å². The number of nitrogens with zero attached hydrogens (tertiary/aromatic N) is 1. The molecule has 3 rings (SSSR count). The summed E-state index contributed by atoms with van der Waals surface area (Å²) < 4.78 is 40.6. The fraction of sp³-hybridized carbons (Fsp3) is 0.462. The summed E-state index contributed by atoms with van der Waals surface area (Å²) in [6.45, 7) is 6.36. The van der Waals surface area contributed by atoms with Crippen LogP contribution in [-0.2, 0) is 24.4 Å². The molecule has 5 N–H and O–H groups in total. The number of hydrogen-bond donors (Lipinski definition) is 4. The topological polar surface area (TPSA) is 167 Å². The van der Waals surface area contributed by atoms with Crippen molar-refractivity contribution in [3.05, 3.63) is 59.1 Å². The number of ether oxygens (including phenoxy) is 1. The van der Waals surface area contributed by atoms with Crippen molar-refractivity contribution >= 4 is 39.3 Å². The number of rotatable bonds is 9. The number of piperidine rings is 1. The highest BCUT2D eigenvalue weighted by atomic mass is 35.5. The van der Waals surface area contributed by atoms with Crippen LogP contribution in [0.4, 0.5) is 5.69 Å². The zero-order valence-corrected chi connectivity index (χ0v) is 23.1. The molecule has 2 aromatic rings. The molecule has 38 heavy (non-hydrogen) atoms. The van der Waals surface area contributed by atoms with E-state index >= 15 is 0 Å². The van der Waals surface area contributed by atoms with Crippen LogP contribution in [0.25, 0.3) is 0 Å². The van der Waals surface area contributed by atoms with Crippen LogP contribution in [0.15, 0.2) is 53.4 Å². The maximum Gasteiger partial charge on any atom is 0.312 e. The van der Waals surface area contributed by atoms with Crippen molar-refractivity contribution in [2.24, 2.45) is 16.6 Å². The second-order valence-electron chi connectivity index (χ2n) is 9.63. The molecule has 0 aromatic heterocycles. The fourth-order valence-corrected chi connectivity index (χ4v) is 7.07. The predicted molar refractivity (Wildman–Crippen MR) is 142 cm³/mol. The lowest BCUT2D eigenvalue weighted by atomic mass is 9.50. The molecule has 12 heteroatoms. The molecule has 0 saturated carbocycles. The van der Waals surface area contributed by atoms with Crippen molar-refractivity contribution in [2.45, 2.75) is 63.2 Å². The van der Waals surface area contributed by atoms with Crippen molar-refractivity contribution in [1.82, 2.24) is 0 Å². The zero-order valence-electron chi connectivity index (χ0n) is 21.5. The molecular weight excluding hydrogens is 536 g/mol. The standard InChI is InChI=1S/C26H33ClN2O8S/c1-5-26(24(32)33)20(16-11-7-8-12-17(16)27)25(4,23(30)31)15(3)29(21(26)22(28)37-6-2)18-13-9-10-14-19(18)38(34,35)36/h7-15,20-22H,5-6,28H2,1-4H3,(H,30,31)(H,32,33)(H,34,35,36). The molecule has 0 radical (unpaired) electrons. The number of nitrogens with two attached hydrogens (primary N) is 1. The summed E-state index contributed by atoms with van der Waals surface area (Å²) >= 11 is 6.58. The molecule has 6 unspecified atom stereocenters. The Bertz CT molecular complexity index is 1320. The number of carbonyl (C=O) groups is 2. The molecule has 1 heterocycles. The van der Waals surface area contributed by atoms with E-state index in [1.54, 1.807) is 45.0 Å². The lowest BCUT2D eigenvalue weighted by Crippen LogP contribution is -2.74. The monoisotopic (exact) mass is 568 g/mol. The first-order chi connectivity index (χ1) is 17.7. The third-order valence-corrected chi connectivity index (χ3v) is 9.22. The lowest BCUT2D eigenvalue weighted by Gasteiger charge is -2.62. The van der Waals surface area contributed by atoms with E-state index in [0.717, 1.165) is 6.07 Å². The fourth-order valence-electron chi connectivity index (χ4n) is 6.13. The van der Waals surface area contributed by atoms with Crippen LogP contribution in [0, 0.1) is 10.8 Å². The largest absolute Gasteiger partial charge is 0.481 e. The van der Waals surface area contributed by atoms with Gasteiger partial charge in [0.25, 0.3) is 10.1 Å². The number of benzene rings is 2. The SMILES string of the molecule is CCOC(N)C1N(c2ccccc2S(=O)(=O)O)C(C)C(C)(C(=O)O)C(c2ccccc2Cl)C1(CC)C(=O)O. The van der Waals surface area contributed by atoms with Crippen molar-refractivity contribution in [3.63, 3.8) is 0 Å². The maximum absolute atomic E-state index is 13.5. The van der Waals surface area contributed by atoms with E-state index in [2.05, 4.69) is 0 Å².